The Morgan fingerprint density at radius 3 is 1.30 bits per heavy atom. The summed E-state index contributed by atoms with van der Waals surface area (Å²) in [5.74, 6) is -24.7. The summed E-state index contributed by atoms with van der Waals surface area (Å²) in [6.07, 6.45) is -27.9. The molecule has 0 aliphatic heterocycles. The van der Waals surface area contributed by atoms with Crippen LogP contribution in [-0.2, 0) is 19.6 Å². The van der Waals surface area contributed by atoms with E-state index in [9.17, 15) is 87.6 Å². The van der Waals surface area contributed by atoms with Gasteiger partial charge in [0.25, 0.3) is 0 Å². The summed E-state index contributed by atoms with van der Waals surface area (Å²) in [5, 5.41) is -7.82. The maximum absolute atomic E-state index is 13.6. The van der Waals surface area contributed by atoms with Crippen molar-refractivity contribution in [2.75, 3.05) is 0 Å². The number of rotatable bonds is 9. The summed E-state index contributed by atoms with van der Waals surface area (Å²) >= 11 is 0. The van der Waals surface area contributed by atoms with Crippen LogP contribution in [0.4, 0.5) is 74.6 Å². The zero-order chi connectivity index (χ0) is 26.6. The van der Waals surface area contributed by atoms with Crippen LogP contribution in [-0.4, -0.2) is 54.3 Å². The SMILES string of the molecule is O=S(=O)([O-])C(F)(F)C(F)(F)C(F)(F)C(F)(F)OC(F)(C(F)(F)F)C(F)(F)OC(F)=C(F)F.[Li+]. The molecule has 0 aliphatic rings. The van der Waals surface area contributed by atoms with Gasteiger partial charge in [0.15, 0.2) is 10.1 Å². The van der Waals surface area contributed by atoms with Crippen LogP contribution in [0.25, 0.3) is 0 Å². The second kappa shape index (κ2) is 9.12. The van der Waals surface area contributed by atoms with Crippen molar-refractivity contribution in [3.8, 4) is 0 Å². The van der Waals surface area contributed by atoms with Crippen molar-refractivity contribution in [3.05, 3.63) is 12.1 Å². The summed E-state index contributed by atoms with van der Waals surface area (Å²) < 4.78 is 250. The fourth-order valence-corrected chi connectivity index (χ4v) is 1.70. The Bertz CT molecular complexity index is 847. The summed E-state index contributed by atoms with van der Waals surface area (Å²) in [7, 11) is -8.06. The van der Waals surface area contributed by atoms with E-state index >= 15 is 0 Å². The normalized spacial score (nSPS) is 16.5. The predicted octanol–water partition coefficient (Wildman–Crippen LogP) is 1.88. The molecule has 0 amide bonds. The first kappa shape index (κ1) is 34.0. The molecule has 0 N–H and O–H groups in total. The molecule has 192 valence electrons. The van der Waals surface area contributed by atoms with Gasteiger partial charge in [0.1, 0.15) is 0 Å². The quantitative estimate of drug-likeness (QED) is 0.190. The zero-order valence-electron chi connectivity index (χ0n) is 14.4. The Balaban J connectivity index is 0. The molecule has 0 rings (SSSR count). The molecule has 1 unspecified atom stereocenters. The molecule has 0 heterocycles. The smallest absolute Gasteiger partial charge is 0.743 e. The molecule has 0 aliphatic carbocycles. The van der Waals surface area contributed by atoms with E-state index in [0.717, 1.165) is 0 Å². The minimum Gasteiger partial charge on any atom is -0.743 e. The minimum atomic E-state index is -8.45. The molecule has 33 heavy (non-hydrogen) atoms. The largest absolute Gasteiger partial charge is 1.00 e. The second-order valence-corrected chi connectivity index (χ2v) is 6.41. The van der Waals surface area contributed by atoms with E-state index in [1.807, 2.05) is 0 Å². The third-order valence-electron chi connectivity index (χ3n) is 2.81. The minimum absolute atomic E-state index is 0. The Hall–Kier alpha value is -1.18. The molecule has 0 saturated heterocycles. The molecule has 0 radical (unpaired) electrons. The molecule has 1 atom stereocenters. The molecular weight excluding hydrogens is 550 g/mol. The molecule has 0 spiro atoms. The monoisotopic (exact) mass is 550 g/mol. The van der Waals surface area contributed by atoms with Crippen LogP contribution in [0.2, 0.25) is 0 Å². The van der Waals surface area contributed by atoms with Gasteiger partial charge in [-0.1, -0.05) is 0 Å². The first-order valence-corrected chi connectivity index (χ1v) is 7.64. The Morgan fingerprint density at radius 2 is 1.03 bits per heavy atom. The summed E-state index contributed by atoms with van der Waals surface area (Å²) in [6.45, 7) is 0. The van der Waals surface area contributed by atoms with Gasteiger partial charge in [0.2, 0.25) is 0 Å². The van der Waals surface area contributed by atoms with E-state index in [0.29, 0.717) is 0 Å². The van der Waals surface area contributed by atoms with E-state index in [1.165, 1.54) is 4.74 Å². The van der Waals surface area contributed by atoms with Crippen LogP contribution in [0.5, 0.6) is 0 Å². The molecule has 0 aromatic rings. The fourth-order valence-electron chi connectivity index (χ4n) is 1.26. The van der Waals surface area contributed by atoms with Gasteiger partial charge in [-0.05, 0) is 0 Å². The van der Waals surface area contributed by atoms with Gasteiger partial charge < -0.3 is 9.29 Å². The van der Waals surface area contributed by atoms with E-state index in [4.69, 9.17) is 0 Å². The number of alkyl halides is 14. The fraction of sp³-hybridized carbons (Fsp3) is 0.778. The van der Waals surface area contributed by atoms with E-state index < -0.39 is 63.6 Å². The molecule has 0 bridgehead atoms. The van der Waals surface area contributed by atoms with Crippen molar-refractivity contribution in [2.24, 2.45) is 0 Å². The average molecular weight is 550 g/mol. The number of halogens is 17. The first-order chi connectivity index (χ1) is 13.5. The van der Waals surface area contributed by atoms with Crippen molar-refractivity contribution in [2.45, 2.75) is 41.3 Å². The molecule has 0 aromatic carbocycles. The average Bonchev–Trinajstić information content (AvgIpc) is 2.50. The van der Waals surface area contributed by atoms with E-state index in [-0.39, 0.29) is 18.9 Å². The van der Waals surface area contributed by atoms with Crippen molar-refractivity contribution < 1.29 is 116 Å². The molecular formula is C9F17LiO5S. The van der Waals surface area contributed by atoms with Gasteiger partial charge in [0.05, 0.1) is 0 Å². The van der Waals surface area contributed by atoms with Crippen molar-refractivity contribution >= 4 is 10.1 Å². The molecule has 0 aromatic heterocycles. The third kappa shape index (κ3) is 5.56. The molecule has 0 saturated carbocycles. The van der Waals surface area contributed by atoms with Crippen molar-refractivity contribution in [1.29, 1.82) is 0 Å². The summed E-state index contributed by atoms with van der Waals surface area (Å²) in [5.41, 5.74) is 0. The predicted molar refractivity (Wildman–Crippen MR) is 56.8 cm³/mol. The number of ether oxygens (including phenoxy) is 2. The summed E-state index contributed by atoms with van der Waals surface area (Å²) in [6, 6.07) is -4.17. The van der Waals surface area contributed by atoms with E-state index in [2.05, 4.69) is 0 Å². The molecule has 24 heteroatoms. The van der Waals surface area contributed by atoms with E-state index in [1.54, 1.807) is 4.74 Å². The zero-order valence-corrected chi connectivity index (χ0v) is 15.2. The maximum atomic E-state index is 13.6. The van der Waals surface area contributed by atoms with Gasteiger partial charge in [-0.15, -0.1) is 0 Å². The number of hydrogen-bond acceptors (Lipinski definition) is 5. The van der Waals surface area contributed by atoms with Crippen LogP contribution in [0, 0.1) is 0 Å². The maximum Gasteiger partial charge on any atom is 1.00 e. The van der Waals surface area contributed by atoms with Gasteiger partial charge in [0, 0.05) is 0 Å². The van der Waals surface area contributed by atoms with Crippen LogP contribution >= 0.6 is 0 Å². The first-order valence-electron chi connectivity index (χ1n) is 6.23. The molecule has 0 fully saturated rings. The second-order valence-electron chi connectivity index (χ2n) is 4.98. The number of hydrogen-bond donors (Lipinski definition) is 0. The van der Waals surface area contributed by atoms with Crippen LogP contribution in [0.15, 0.2) is 12.1 Å². The van der Waals surface area contributed by atoms with Gasteiger partial charge in [-0.3, -0.25) is 4.74 Å². The van der Waals surface area contributed by atoms with Gasteiger partial charge in [-0.2, -0.15) is 74.6 Å². The van der Waals surface area contributed by atoms with Crippen molar-refractivity contribution in [1.82, 2.24) is 0 Å². The van der Waals surface area contributed by atoms with Crippen LogP contribution in [0.3, 0.4) is 0 Å². The van der Waals surface area contributed by atoms with Crippen molar-refractivity contribution in [3.63, 3.8) is 0 Å². The Morgan fingerprint density at radius 1 is 0.667 bits per heavy atom. The van der Waals surface area contributed by atoms with Gasteiger partial charge in [-0.25, -0.2) is 8.42 Å². The van der Waals surface area contributed by atoms with Crippen LogP contribution < -0.4 is 18.9 Å². The van der Waals surface area contributed by atoms with Crippen LogP contribution in [0.1, 0.15) is 0 Å². The summed E-state index contributed by atoms with van der Waals surface area (Å²) in [4.78, 5) is 0. The third-order valence-corrected chi connectivity index (χ3v) is 3.70. The van der Waals surface area contributed by atoms with Gasteiger partial charge >= 0.3 is 72.3 Å². The Kier molecular flexibility index (Phi) is 9.39. The standard InChI is InChI=1S/C9HF17O5S.Li/c10-1(11)2(12)30-8(23,24)5(17,6(18,19)20)31-7(21,22)3(13,14)4(15,16)9(25,26)32(27,28)29;/h(H,27,28,29);/q;+1/p-1. The molecule has 5 nitrogen and oxygen atoms in total. The Labute approximate surface area is 180 Å². The topological polar surface area (TPSA) is 75.7 Å².